The Bertz CT molecular complexity index is 172. The molecule has 0 aromatic heterocycles. The van der Waals surface area contributed by atoms with Gasteiger partial charge >= 0.3 is 5.97 Å². The van der Waals surface area contributed by atoms with E-state index in [1.54, 1.807) is 0 Å². The molecular weight excluding hydrogens is 154 g/mol. The fraction of sp³-hybridized carbons (Fsp3) is 0.778. The molecular formula is C9H15NO2. The van der Waals surface area contributed by atoms with Crippen LogP contribution < -0.4 is 0 Å². The van der Waals surface area contributed by atoms with E-state index in [1.807, 2.05) is 19.9 Å². The van der Waals surface area contributed by atoms with Gasteiger partial charge in [0, 0.05) is 6.42 Å². The van der Waals surface area contributed by atoms with E-state index in [0.29, 0.717) is 19.3 Å². The van der Waals surface area contributed by atoms with Crippen molar-refractivity contribution in [3.05, 3.63) is 0 Å². The Balaban J connectivity index is 3.70. The molecule has 0 rings (SSSR count). The second kappa shape index (κ2) is 6.66. The fourth-order valence-electron chi connectivity index (χ4n) is 0.820. The van der Waals surface area contributed by atoms with Gasteiger partial charge in [-0.2, -0.15) is 5.26 Å². The van der Waals surface area contributed by atoms with Gasteiger partial charge in [0.15, 0.2) is 0 Å². The van der Waals surface area contributed by atoms with Crippen LogP contribution in [-0.2, 0) is 9.53 Å². The highest BCUT2D eigenvalue weighted by atomic mass is 16.5. The molecule has 0 amide bonds. The van der Waals surface area contributed by atoms with Crippen LogP contribution in [0.2, 0.25) is 0 Å². The van der Waals surface area contributed by atoms with Crippen molar-refractivity contribution in [2.75, 3.05) is 0 Å². The van der Waals surface area contributed by atoms with Gasteiger partial charge in [0.25, 0.3) is 0 Å². The predicted molar refractivity (Wildman–Crippen MR) is 45.3 cm³/mol. The van der Waals surface area contributed by atoms with Crippen molar-refractivity contribution in [2.45, 2.75) is 45.6 Å². The number of rotatable bonds is 5. The zero-order valence-electron chi connectivity index (χ0n) is 7.67. The highest BCUT2D eigenvalue weighted by Gasteiger charge is 2.10. The van der Waals surface area contributed by atoms with Crippen molar-refractivity contribution < 1.29 is 9.53 Å². The molecule has 0 fully saturated rings. The number of hydrogen-bond acceptors (Lipinski definition) is 3. The molecule has 0 saturated heterocycles. The largest absolute Gasteiger partial charge is 0.461 e. The van der Waals surface area contributed by atoms with Gasteiger partial charge in [0.2, 0.25) is 0 Å². The van der Waals surface area contributed by atoms with E-state index in [0.717, 1.165) is 6.42 Å². The van der Waals surface area contributed by atoms with E-state index >= 15 is 0 Å². The van der Waals surface area contributed by atoms with Crippen molar-refractivity contribution >= 4 is 5.97 Å². The number of esters is 1. The Morgan fingerprint density at radius 2 is 2.25 bits per heavy atom. The van der Waals surface area contributed by atoms with Crippen molar-refractivity contribution in [2.24, 2.45) is 0 Å². The number of nitriles is 1. The summed E-state index contributed by atoms with van der Waals surface area (Å²) in [4.78, 5) is 11.0. The molecule has 0 aliphatic heterocycles. The number of carbonyl (C=O) groups is 1. The molecule has 3 nitrogen and oxygen atoms in total. The highest BCUT2D eigenvalue weighted by molar-refractivity contribution is 5.69. The van der Waals surface area contributed by atoms with Crippen LogP contribution in [0.15, 0.2) is 0 Å². The van der Waals surface area contributed by atoms with E-state index in [4.69, 9.17) is 10.00 Å². The fourth-order valence-corrected chi connectivity index (χ4v) is 0.820. The molecule has 0 unspecified atom stereocenters. The average Bonchev–Trinajstić information content (AvgIpc) is 2.04. The lowest BCUT2D eigenvalue weighted by Crippen LogP contribution is -2.16. The molecule has 0 heterocycles. The summed E-state index contributed by atoms with van der Waals surface area (Å²) in [7, 11) is 0. The molecule has 0 radical (unpaired) electrons. The molecule has 0 spiro atoms. The summed E-state index contributed by atoms with van der Waals surface area (Å²) in [5.74, 6) is -0.195. The number of carbonyl (C=O) groups excluding carboxylic acids is 1. The Morgan fingerprint density at radius 3 is 2.67 bits per heavy atom. The van der Waals surface area contributed by atoms with Gasteiger partial charge in [-0.15, -0.1) is 0 Å². The van der Waals surface area contributed by atoms with E-state index < -0.39 is 0 Å². The number of nitrogens with zero attached hydrogens (tertiary/aromatic N) is 1. The van der Waals surface area contributed by atoms with Crippen LogP contribution in [0.25, 0.3) is 0 Å². The summed E-state index contributed by atoms with van der Waals surface area (Å²) < 4.78 is 5.02. The van der Waals surface area contributed by atoms with Crippen LogP contribution in [0, 0.1) is 11.3 Å². The minimum atomic E-state index is -0.214. The van der Waals surface area contributed by atoms with Crippen LogP contribution in [0.1, 0.15) is 39.5 Å². The molecule has 0 aromatic carbocycles. The van der Waals surface area contributed by atoms with Gasteiger partial charge in [-0.25, -0.2) is 0 Å². The highest BCUT2D eigenvalue weighted by Crippen LogP contribution is 2.04. The zero-order chi connectivity index (χ0) is 9.40. The summed E-state index contributed by atoms with van der Waals surface area (Å²) in [5.41, 5.74) is 0. The van der Waals surface area contributed by atoms with Crippen molar-refractivity contribution in [3.8, 4) is 6.07 Å². The van der Waals surface area contributed by atoms with Gasteiger partial charge in [-0.3, -0.25) is 4.79 Å². The molecule has 0 aliphatic carbocycles. The lowest BCUT2D eigenvalue weighted by molar-refractivity contribution is -0.149. The third-order valence-corrected chi connectivity index (χ3v) is 1.53. The van der Waals surface area contributed by atoms with Crippen molar-refractivity contribution in [1.29, 1.82) is 5.26 Å². The van der Waals surface area contributed by atoms with Crippen LogP contribution in [-0.4, -0.2) is 12.1 Å². The van der Waals surface area contributed by atoms with E-state index in [-0.39, 0.29) is 12.1 Å². The summed E-state index contributed by atoms with van der Waals surface area (Å²) in [6.07, 6.45) is 2.03. The van der Waals surface area contributed by atoms with Crippen molar-refractivity contribution in [1.82, 2.24) is 0 Å². The quantitative estimate of drug-likeness (QED) is 0.591. The predicted octanol–water partition coefficient (Wildman–Crippen LogP) is 2.02. The van der Waals surface area contributed by atoms with E-state index in [9.17, 15) is 4.79 Å². The normalized spacial score (nSPS) is 11.8. The summed E-state index contributed by atoms with van der Waals surface area (Å²) in [5, 5.41) is 8.37. The molecule has 0 aliphatic rings. The smallest absolute Gasteiger partial charge is 0.306 e. The van der Waals surface area contributed by atoms with Gasteiger partial charge < -0.3 is 4.74 Å². The zero-order valence-corrected chi connectivity index (χ0v) is 7.67. The number of hydrogen-bond donors (Lipinski definition) is 0. The Labute approximate surface area is 73.3 Å². The van der Waals surface area contributed by atoms with Gasteiger partial charge in [-0.05, 0) is 12.8 Å². The summed E-state index contributed by atoms with van der Waals surface area (Å²) in [6.45, 7) is 3.83. The molecule has 3 heteroatoms. The van der Waals surface area contributed by atoms with Crippen LogP contribution in [0.4, 0.5) is 0 Å². The number of ether oxygens (including phenoxy) is 1. The first kappa shape index (κ1) is 11.0. The molecule has 0 aromatic rings. The van der Waals surface area contributed by atoms with Crippen molar-refractivity contribution in [3.63, 3.8) is 0 Å². The maximum absolute atomic E-state index is 11.0. The third kappa shape index (κ3) is 4.73. The van der Waals surface area contributed by atoms with Crippen LogP contribution in [0.5, 0.6) is 0 Å². The minimum absolute atomic E-state index is 0.195. The second-order valence-electron chi connectivity index (χ2n) is 2.63. The lowest BCUT2D eigenvalue weighted by Gasteiger charge is -2.11. The molecule has 0 bridgehead atoms. The first-order valence-electron chi connectivity index (χ1n) is 4.31. The van der Waals surface area contributed by atoms with Gasteiger partial charge in [-0.1, -0.05) is 13.8 Å². The Hall–Kier alpha value is -1.04. The topological polar surface area (TPSA) is 50.1 Å². The molecule has 1 atom stereocenters. The Morgan fingerprint density at radius 1 is 1.58 bits per heavy atom. The molecule has 0 N–H and O–H groups in total. The summed E-state index contributed by atoms with van der Waals surface area (Å²) in [6, 6.07) is 1.99. The summed E-state index contributed by atoms with van der Waals surface area (Å²) >= 11 is 0. The monoisotopic (exact) mass is 169 g/mol. The first-order chi connectivity index (χ1) is 5.74. The van der Waals surface area contributed by atoms with Gasteiger partial charge in [0.05, 0.1) is 12.5 Å². The van der Waals surface area contributed by atoms with Crippen LogP contribution >= 0.6 is 0 Å². The van der Waals surface area contributed by atoms with E-state index in [1.165, 1.54) is 0 Å². The molecule has 68 valence electrons. The molecule has 0 saturated carbocycles. The maximum atomic E-state index is 11.0. The second-order valence-corrected chi connectivity index (χ2v) is 2.63. The SMILES string of the molecule is CCCC(=O)O[C@H](CC)CC#N. The average molecular weight is 169 g/mol. The minimum Gasteiger partial charge on any atom is -0.461 e. The standard InChI is InChI=1S/C9H15NO2/c1-3-5-9(11)12-8(4-2)6-7-10/h8H,3-6H2,1-2H3/t8-/m1/s1. The van der Waals surface area contributed by atoms with Crippen LogP contribution in [0.3, 0.4) is 0 Å². The third-order valence-electron chi connectivity index (χ3n) is 1.53. The van der Waals surface area contributed by atoms with E-state index in [2.05, 4.69) is 0 Å². The maximum Gasteiger partial charge on any atom is 0.306 e. The molecule has 12 heavy (non-hydrogen) atoms. The van der Waals surface area contributed by atoms with Gasteiger partial charge in [0.1, 0.15) is 6.10 Å². The first-order valence-corrected chi connectivity index (χ1v) is 4.31. The lowest BCUT2D eigenvalue weighted by atomic mass is 10.2. The Kier molecular flexibility index (Phi) is 6.08.